The highest BCUT2D eigenvalue weighted by Crippen LogP contribution is 2.34. The van der Waals surface area contributed by atoms with Gasteiger partial charge < -0.3 is 4.57 Å². The van der Waals surface area contributed by atoms with Crippen LogP contribution in [0.15, 0.2) is 23.8 Å². The average Bonchev–Trinajstić information content (AvgIpc) is 2.67. The molecule has 1 N–H and O–H groups in total. The van der Waals surface area contributed by atoms with Crippen molar-refractivity contribution in [2.45, 2.75) is 47.0 Å². The van der Waals surface area contributed by atoms with Crippen molar-refractivity contribution in [3.05, 3.63) is 35.2 Å². The molecule has 0 aromatic carbocycles. The minimum Gasteiger partial charge on any atom is -0.317 e. The molecule has 0 saturated heterocycles. The van der Waals surface area contributed by atoms with Gasteiger partial charge in [-0.3, -0.25) is 10.1 Å². The molecule has 0 fully saturated rings. The lowest BCUT2D eigenvalue weighted by Gasteiger charge is -2.28. The average molecular weight is 287 g/mol. The number of allylic oxidation sites excluding steroid dienone is 3. The van der Waals surface area contributed by atoms with E-state index in [1.165, 1.54) is 5.57 Å². The monoisotopic (exact) mass is 287 g/mol. The number of aromatic nitrogens is 2. The number of aryl methyl sites for hydroxylation is 1. The number of carbonyl (C=O) groups excluding carboxylic acids is 1. The highest BCUT2D eigenvalue weighted by Gasteiger charge is 2.33. The number of imidazole rings is 1. The Morgan fingerprint density at radius 1 is 1.48 bits per heavy atom. The first-order valence-corrected chi connectivity index (χ1v) is 7.56. The zero-order valence-electron chi connectivity index (χ0n) is 13.7. The maximum atomic E-state index is 12.7. The number of rotatable bonds is 4. The molecule has 0 saturated carbocycles. The zero-order chi connectivity index (χ0) is 15.6. The smallest absolute Gasteiger partial charge is 0.236 e. The summed E-state index contributed by atoms with van der Waals surface area (Å²) >= 11 is 0. The summed E-state index contributed by atoms with van der Waals surface area (Å²) < 4.78 is 1.92. The molecule has 1 aromatic rings. The summed E-state index contributed by atoms with van der Waals surface area (Å²) in [6.45, 7) is 8.11. The first kappa shape index (κ1) is 15.5. The topological polar surface area (TPSA) is 46.9 Å². The highest BCUT2D eigenvalue weighted by atomic mass is 16.2. The molecule has 1 heterocycles. The van der Waals surface area contributed by atoms with Crippen molar-refractivity contribution in [3.63, 3.8) is 0 Å². The van der Waals surface area contributed by atoms with E-state index < -0.39 is 5.41 Å². The van der Waals surface area contributed by atoms with Gasteiger partial charge in [0.05, 0.1) is 11.1 Å². The van der Waals surface area contributed by atoms with E-state index in [1.807, 2.05) is 44.5 Å². The molecule has 1 aromatic heterocycles. The lowest BCUT2D eigenvalue weighted by atomic mass is 9.78. The Balaban J connectivity index is 2.15. The lowest BCUT2D eigenvalue weighted by molar-refractivity contribution is -0.122. The molecule has 0 radical (unpaired) electrons. The third-order valence-electron chi connectivity index (χ3n) is 4.32. The molecular formula is C17H25N3O. The lowest BCUT2D eigenvalue weighted by Crippen LogP contribution is -2.34. The molecule has 4 nitrogen and oxygen atoms in total. The van der Waals surface area contributed by atoms with Crippen LogP contribution in [-0.4, -0.2) is 15.5 Å². The van der Waals surface area contributed by atoms with Crippen LogP contribution in [0.3, 0.4) is 0 Å². The summed E-state index contributed by atoms with van der Waals surface area (Å²) in [4.78, 5) is 17.1. The number of hydrogen-bond donors (Lipinski definition) is 1. The van der Waals surface area contributed by atoms with E-state index in [9.17, 15) is 4.79 Å². The van der Waals surface area contributed by atoms with Crippen LogP contribution in [0.2, 0.25) is 0 Å². The number of carbonyl (C=O) groups is 1. The first-order chi connectivity index (χ1) is 9.87. The Labute approximate surface area is 127 Å². The third-order valence-corrected chi connectivity index (χ3v) is 4.32. The van der Waals surface area contributed by atoms with Gasteiger partial charge in [0, 0.05) is 12.7 Å². The molecule has 1 aliphatic carbocycles. The molecular weight excluding hydrogens is 262 g/mol. The fourth-order valence-electron chi connectivity index (χ4n) is 2.71. The van der Waals surface area contributed by atoms with Crippen LogP contribution in [0.25, 0.3) is 0 Å². The number of amides is 1. The van der Waals surface area contributed by atoms with Crippen molar-refractivity contribution >= 4 is 11.9 Å². The van der Waals surface area contributed by atoms with E-state index in [0.29, 0.717) is 5.95 Å². The Morgan fingerprint density at radius 3 is 2.76 bits per heavy atom. The molecule has 1 atom stereocenters. The fraction of sp³-hybridized carbons (Fsp3) is 0.529. The van der Waals surface area contributed by atoms with Crippen LogP contribution < -0.4 is 5.32 Å². The van der Waals surface area contributed by atoms with Gasteiger partial charge in [0.2, 0.25) is 11.9 Å². The Kier molecular flexibility index (Phi) is 4.35. The highest BCUT2D eigenvalue weighted by molar-refractivity contribution is 5.95. The van der Waals surface area contributed by atoms with E-state index in [-0.39, 0.29) is 5.91 Å². The number of anilines is 1. The van der Waals surface area contributed by atoms with Gasteiger partial charge in [0.15, 0.2) is 0 Å². The van der Waals surface area contributed by atoms with Gasteiger partial charge in [0.25, 0.3) is 0 Å². The molecule has 2 rings (SSSR count). The van der Waals surface area contributed by atoms with Gasteiger partial charge in [-0.2, -0.15) is 0 Å². The van der Waals surface area contributed by atoms with E-state index in [2.05, 4.69) is 23.3 Å². The number of nitrogens with zero attached hydrogens (tertiary/aromatic N) is 2. The zero-order valence-corrected chi connectivity index (χ0v) is 13.7. The van der Waals surface area contributed by atoms with E-state index >= 15 is 0 Å². The van der Waals surface area contributed by atoms with Crippen LogP contribution in [-0.2, 0) is 11.8 Å². The van der Waals surface area contributed by atoms with E-state index in [1.54, 1.807) is 0 Å². The molecule has 0 bridgehead atoms. The van der Waals surface area contributed by atoms with Gasteiger partial charge in [-0.1, -0.05) is 37.1 Å². The summed E-state index contributed by atoms with van der Waals surface area (Å²) in [6.07, 6.45) is 9.06. The van der Waals surface area contributed by atoms with Crippen molar-refractivity contribution in [2.75, 3.05) is 5.32 Å². The quantitative estimate of drug-likeness (QED) is 0.918. The largest absolute Gasteiger partial charge is 0.317 e. The van der Waals surface area contributed by atoms with Crippen LogP contribution in [0.5, 0.6) is 0 Å². The van der Waals surface area contributed by atoms with Crippen molar-refractivity contribution in [1.82, 2.24) is 9.55 Å². The predicted molar refractivity (Wildman–Crippen MR) is 86.2 cm³/mol. The van der Waals surface area contributed by atoms with Crippen LogP contribution in [0, 0.1) is 19.3 Å². The summed E-state index contributed by atoms with van der Waals surface area (Å²) in [5.74, 6) is 0.629. The second kappa shape index (κ2) is 5.88. The standard InChI is InChI=1S/C17H25N3O/c1-6-8-14-9-7-10-17(4,11-14)15(21)19-16-18-12(2)13(3)20(16)5/h7,9-10H,6,8,11H2,1-5H3,(H,18,19,21). The molecule has 1 amide bonds. The van der Waals surface area contributed by atoms with Crippen LogP contribution >= 0.6 is 0 Å². The van der Waals surface area contributed by atoms with Crippen molar-refractivity contribution < 1.29 is 4.79 Å². The maximum absolute atomic E-state index is 12.7. The molecule has 1 unspecified atom stereocenters. The summed E-state index contributed by atoms with van der Waals surface area (Å²) in [5, 5.41) is 2.98. The summed E-state index contributed by atoms with van der Waals surface area (Å²) in [6, 6.07) is 0. The molecule has 1 aliphatic rings. The second-order valence-corrected chi connectivity index (χ2v) is 6.15. The van der Waals surface area contributed by atoms with E-state index in [0.717, 1.165) is 30.7 Å². The summed E-state index contributed by atoms with van der Waals surface area (Å²) in [7, 11) is 1.92. The van der Waals surface area contributed by atoms with Crippen LogP contribution in [0.1, 0.15) is 44.5 Å². The molecule has 4 heteroatoms. The number of hydrogen-bond acceptors (Lipinski definition) is 2. The molecule has 21 heavy (non-hydrogen) atoms. The first-order valence-electron chi connectivity index (χ1n) is 7.56. The van der Waals surface area contributed by atoms with Gasteiger partial charge in [0.1, 0.15) is 0 Å². The molecule has 0 aliphatic heterocycles. The summed E-state index contributed by atoms with van der Waals surface area (Å²) in [5.41, 5.74) is 2.86. The van der Waals surface area contributed by atoms with Crippen molar-refractivity contribution in [3.8, 4) is 0 Å². The van der Waals surface area contributed by atoms with Crippen molar-refractivity contribution in [1.29, 1.82) is 0 Å². The molecule has 114 valence electrons. The minimum atomic E-state index is -0.493. The Hall–Kier alpha value is -1.84. The van der Waals surface area contributed by atoms with Gasteiger partial charge in [-0.15, -0.1) is 0 Å². The van der Waals surface area contributed by atoms with Gasteiger partial charge >= 0.3 is 0 Å². The minimum absolute atomic E-state index is 0.00792. The van der Waals surface area contributed by atoms with Gasteiger partial charge in [-0.25, -0.2) is 4.98 Å². The van der Waals surface area contributed by atoms with Crippen LogP contribution in [0.4, 0.5) is 5.95 Å². The number of nitrogens with one attached hydrogen (secondary N) is 1. The van der Waals surface area contributed by atoms with Gasteiger partial charge in [-0.05, 0) is 33.6 Å². The third kappa shape index (κ3) is 3.09. The predicted octanol–water partition coefficient (Wildman–Crippen LogP) is 3.67. The second-order valence-electron chi connectivity index (χ2n) is 6.15. The van der Waals surface area contributed by atoms with E-state index in [4.69, 9.17) is 0 Å². The Morgan fingerprint density at radius 2 is 2.19 bits per heavy atom. The Bertz CT molecular complexity index is 610. The van der Waals surface area contributed by atoms with Crippen molar-refractivity contribution in [2.24, 2.45) is 12.5 Å². The SMILES string of the molecule is CCCC1=CC=CC(C)(C(=O)Nc2nc(C)c(C)n2C)C1. The molecule has 0 spiro atoms. The fourth-order valence-corrected chi connectivity index (χ4v) is 2.71. The normalized spacial score (nSPS) is 21.3. The maximum Gasteiger partial charge on any atom is 0.236 e.